The molecule has 0 radical (unpaired) electrons. The van der Waals surface area contributed by atoms with Crippen LogP contribution in [0, 0.1) is 13.8 Å². The van der Waals surface area contributed by atoms with E-state index >= 15 is 0 Å². The van der Waals surface area contributed by atoms with Crippen LogP contribution in [-0.2, 0) is 6.54 Å². The van der Waals surface area contributed by atoms with Crippen LogP contribution in [0.25, 0.3) is 10.2 Å². The lowest BCUT2D eigenvalue weighted by molar-refractivity contribution is 0.0988. The molecule has 0 saturated carbocycles. The summed E-state index contributed by atoms with van der Waals surface area (Å²) in [5.41, 5.74) is 3.35. The van der Waals surface area contributed by atoms with Gasteiger partial charge in [-0.25, -0.2) is 4.98 Å². The largest absolute Gasteiger partial charge is 0.279 e. The molecule has 0 fully saturated rings. The van der Waals surface area contributed by atoms with E-state index < -0.39 is 0 Å². The first kappa shape index (κ1) is 18.0. The first-order chi connectivity index (χ1) is 13.0. The number of carbonyl (C=O) groups is 1. The van der Waals surface area contributed by atoms with Crippen LogP contribution in [0.1, 0.15) is 26.5 Å². The Bertz CT molecular complexity index is 1130. The zero-order valence-corrected chi connectivity index (χ0v) is 16.9. The van der Waals surface area contributed by atoms with E-state index in [0.29, 0.717) is 27.3 Å². The molecule has 27 heavy (non-hydrogen) atoms. The second-order valence-corrected chi connectivity index (χ2v) is 8.21. The number of aryl methyl sites for hydroxylation is 2. The van der Waals surface area contributed by atoms with Crippen molar-refractivity contribution in [2.75, 3.05) is 4.90 Å². The molecular weight excluding hydrogens is 402 g/mol. The van der Waals surface area contributed by atoms with E-state index in [1.165, 1.54) is 11.3 Å². The molecule has 0 saturated heterocycles. The molecule has 3 aromatic heterocycles. The van der Waals surface area contributed by atoms with Crippen LogP contribution in [0.5, 0.6) is 0 Å². The Morgan fingerprint density at radius 1 is 1.30 bits per heavy atom. The van der Waals surface area contributed by atoms with Gasteiger partial charge in [-0.1, -0.05) is 33.5 Å². The third kappa shape index (κ3) is 3.55. The lowest BCUT2D eigenvalue weighted by atomic mass is 10.2. The van der Waals surface area contributed by atoms with Gasteiger partial charge in [-0.2, -0.15) is 0 Å². The van der Waals surface area contributed by atoms with Crippen molar-refractivity contribution >= 4 is 55.7 Å². The van der Waals surface area contributed by atoms with E-state index in [-0.39, 0.29) is 5.91 Å². The number of pyridine rings is 1. The lowest BCUT2D eigenvalue weighted by Crippen LogP contribution is -2.30. The van der Waals surface area contributed by atoms with Gasteiger partial charge in [-0.05, 0) is 54.7 Å². The van der Waals surface area contributed by atoms with Crippen molar-refractivity contribution in [2.45, 2.75) is 20.4 Å². The maximum Gasteiger partial charge on any atom is 0.274 e. The summed E-state index contributed by atoms with van der Waals surface area (Å²) < 4.78 is 4.83. The van der Waals surface area contributed by atoms with Crippen LogP contribution in [0.3, 0.4) is 0 Å². The van der Waals surface area contributed by atoms with Crippen molar-refractivity contribution in [2.24, 2.45) is 0 Å². The van der Waals surface area contributed by atoms with Crippen molar-refractivity contribution in [3.05, 3.63) is 63.4 Å². The molecule has 0 atom stereocenters. The van der Waals surface area contributed by atoms with E-state index in [1.54, 1.807) is 24.2 Å². The van der Waals surface area contributed by atoms with Gasteiger partial charge < -0.3 is 0 Å². The summed E-state index contributed by atoms with van der Waals surface area (Å²) in [7, 11) is 0. The maximum atomic E-state index is 13.2. The highest BCUT2D eigenvalue weighted by atomic mass is 35.5. The number of benzene rings is 1. The summed E-state index contributed by atoms with van der Waals surface area (Å²) in [5.74, 6) is -0.172. The van der Waals surface area contributed by atoms with E-state index in [9.17, 15) is 4.79 Å². The highest BCUT2D eigenvalue weighted by Gasteiger charge is 2.25. The molecule has 136 valence electrons. The van der Waals surface area contributed by atoms with Crippen LogP contribution in [0.15, 0.2) is 36.7 Å². The lowest BCUT2D eigenvalue weighted by Gasteiger charge is -2.19. The summed E-state index contributed by atoms with van der Waals surface area (Å²) in [6.45, 7) is 4.10. The molecule has 0 aliphatic carbocycles. The van der Waals surface area contributed by atoms with E-state index in [2.05, 4.69) is 14.6 Å². The van der Waals surface area contributed by atoms with Crippen LogP contribution >= 0.6 is 34.5 Å². The van der Waals surface area contributed by atoms with E-state index in [4.69, 9.17) is 16.6 Å². The van der Waals surface area contributed by atoms with Gasteiger partial charge in [0, 0.05) is 17.4 Å². The van der Waals surface area contributed by atoms with Gasteiger partial charge in [0.1, 0.15) is 4.88 Å². The first-order valence-corrected chi connectivity index (χ1v) is 10.1. The Morgan fingerprint density at radius 3 is 2.85 bits per heavy atom. The highest BCUT2D eigenvalue weighted by molar-refractivity contribution is 7.22. The number of fused-ring (bicyclic) bond motifs is 1. The fourth-order valence-electron chi connectivity index (χ4n) is 2.71. The predicted octanol–water partition coefficient (Wildman–Crippen LogP) is 4.66. The zero-order chi connectivity index (χ0) is 19.0. The third-order valence-corrected chi connectivity index (χ3v) is 6.08. The Labute approximate surface area is 168 Å². The van der Waals surface area contributed by atoms with Gasteiger partial charge in [-0.3, -0.25) is 14.7 Å². The molecule has 0 bridgehead atoms. The Kier molecular flexibility index (Phi) is 4.86. The number of anilines is 1. The second kappa shape index (κ2) is 7.30. The molecular formula is C18H14ClN5OS2. The van der Waals surface area contributed by atoms with E-state index in [0.717, 1.165) is 32.9 Å². The van der Waals surface area contributed by atoms with Crippen molar-refractivity contribution in [1.29, 1.82) is 0 Å². The molecule has 4 aromatic rings. The number of thiazole rings is 1. The summed E-state index contributed by atoms with van der Waals surface area (Å²) in [4.78, 5) is 24.3. The summed E-state index contributed by atoms with van der Waals surface area (Å²) >= 11 is 8.71. The van der Waals surface area contributed by atoms with Crippen LogP contribution in [0.4, 0.5) is 5.13 Å². The van der Waals surface area contributed by atoms with Crippen LogP contribution in [-0.4, -0.2) is 25.5 Å². The first-order valence-electron chi connectivity index (χ1n) is 8.09. The topological polar surface area (TPSA) is 71.9 Å². The summed E-state index contributed by atoms with van der Waals surface area (Å²) in [6.07, 6.45) is 3.45. The zero-order valence-electron chi connectivity index (χ0n) is 14.5. The van der Waals surface area contributed by atoms with Crippen LogP contribution < -0.4 is 4.90 Å². The predicted molar refractivity (Wildman–Crippen MR) is 109 cm³/mol. The molecule has 9 heteroatoms. The minimum absolute atomic E-state index is 0.172. The van der Waals surface area contributed by atoms with Gasteiger partial charge in [0.15, 0.2) is 5.13 Å². The summed E-state index contributed by atoms with van der Waals surface area (Å²) in [6, 6.07) is 7.52. The highest BCUT2D eigenvalue weighted by Crippen LogP contribution is 2.34. The number of aromatic nitrogens is 4. The molecule has 4 rings (SSSR count). The smallest absolute Gasteiger partial charge is 0.274 e. The average molecular weight is 416 g/mol. The monoisotopic (exact) mass is 415 g/mol. The minimum Gasteiger partial charge on any atom is -0.279 e. The van der Waals surface area contributed by atoms with Gasteiger partial charge in [0.25, 0.3) is 5.91 Å². The molecule has 0 N–H and O–H groups in total. The van der Waals surface area contributed by atoms with Gasteiger partial charge in [-0.15, -0.1) is 5.10 Å². The van der Waals surface area contributed by atoms with Crippen molar-refractivity contribution < 1.29 is 4.79 Å². The molecule has 6 nitrogen and oxygen atoms in total. The van der Waals surface area contributed by atoms with Gasteiger partial charge in [0.2, 0.25) is 0 Å². The Morgan fingerprint density at radius 2 is 2.15 bits per heavy atom. The van der Waals surface area contributed by atoms with Crippen molar-refractivity contribution in [3.63, 3.8) is 0 Å². The molecule has 1 amide bonds. The van der Waals surface area contributed by atoms with Crippen molar-refractivity contribution in [3.8, 4) is 0 Å². The number of nitrogens with zero attached hydrogens (tertiary/aromatic N) is 5. The number of hydrogen-bond acceptors (Lipinski definition) is 7. The average Bonchev–Trinajstić information content (AvgIpc) is 3.26. The Balaban J connectivity index is 1.81. The summed E-state index contributed by atoms with van der Waals surface area (Å²) in [5, 5.41) is 5.23. The molecule has 0 spiro atoms. The minimum atomic E-state index is -0.172. The molecule has 1 aromatic carbocycles. The van der Waals surface area contributed by atoms with E-state index in [1.807, 2.05) is 31.2 Å². The van der Waals surface area contributed by atoms with Crippen LogP contribution in [0.2, 0.25) is 5.02 Å². The molecule has 3 heterocycles. The molecule has 0 aliphatic heterocycles. The normalized spacial score (nSPS) is 11.1. The number of halogens is 1. The standard InChI is InChI=1S/C18H14ClN5OS2/c1-10-6-13(19)7-14-15(10)21-18(26-14)24(9-12-4-3-5-20-8-12)17(25)16-11(2)22-23-27-16/h3-8H,9H2,1-2H3. The maximum absolute atomic E-state index is 13.2. The number of rotatable bonds is 4. The molecule has 0 aliphatic rings. The second-order valence-electron chi connectivity index (χ2n) is 6.01. The fourth-order valence-corrected chi connectivity index (χ4v) is 4.73. The number of hydrogen-bond donors (Lipinski definition) is 0. The van der Waals surface area contributed by atoms with Gasteiger partial charge >= 0.3 is 0 Å². The van der Waals surface area contributed by atoms with Gasteiger partial charge in [0.05, 0.1) is 22.5 Å². The Hall–Kier alpha value is -2.42. The molecule has 0 unspecified atom stereocenters. The van der Waals surface area contributed by atoms with Crippen molar-refractivity contribution in [1.82, 2.24) is 19.6 Å². The number of amides is 1. The fraction of sp³-hybridized carbons (Fsp3) is 0.167. The SMILES string of the molecule is Cc1nnsc1C(=O)N(Cc1cccnc1)c1nc2c(C)cc(Cl)cc2s1. The third-order valence-electron chi connectivity index (χ3n) is 4.02. The quantitative estimate of drug-likeness (QED) is 0.484. The number of carbonyl (C=O) groups excluding carboxylic acids is 1.